The summed E-state index contributed by atoms with van der Waals surface area (Å²) in [5.74, 6) is -0.264. The second kappa shape index (κ2) is 9.02. The number of carbonyl (C=O) groups is 2. The third-order valence-electron chi connectivity index (χ3n) is 4.94. The molecule has 4 N–H and O–H groups in total. The lowest BCUT2D eigenvalue weighted by Crippen LogP contribution is -2.56. The highest BCUT2D eigenvalue weighted by Crippen LogP contribution is 2.26. The molecule has 1 fully saturated rings. The van der Waals surface area contributed by atoms with Gasteiger partial charge in [0.15, 0.2) is 0 Å². The summed E-state index contributed by atoms with van der Waals surface area (Å²) in [6, 6.07) is 12.3. The molecule has 2 amide bonds. The van der Waals surface area contributed by atoms with Crippen LogP contribution in [0, 0.1) is 5.82 Å². The largest absolute Gasteiger partial charge is 0.457 e. The van der Waals surface area contributed by atoms with Crippen LogP contribution in [0.25, 0.3) is 0 Å². The minimum absolute atomic E-state index is 0.205. The van der Waals surface area contributed by atoms with Crippen LogP contribution in [0.5, 0.6) is 11.5 Å². The first kappa shape index (κ1) is 20.8. The van der Waals surface area contributed by atoms with Gasteiger partial charge in [-0.15, -0.1) is 0 Å². The zero-order valence-corrected chi connectivity index (χ0v) is 16.3. The molecule has 1 aliphatic heterocycles. The maximum atomic E-state index is 13.0. The molecule has 29 heavy (non-hydrogen) atoms. The predicted molar refractivity (Wildman–Crippen MR) is 107 cm³/mol. The number of ether oxygens (including phenoxy) is 1. The number of halogens is 1. The van der Waals surface area contributed by atoms with Crippen molar-refractivity contribution in [1.29, 1.82) is 0 Å². The van der Waals surface area contributed by atoms with Gasteiger partial charge < -0.3 is 21.1 Å². The van der Waals surface area contributed by atoms with Crippen molar-refractivity contribution in [2.45, 2.75) is 12.5 Å². The van der Waals surface area contributed by atoms with Gasteiger partial charge in [-0.1, -0.05) is 12.1 Å². The summed E-state index contributed by atoms with van der Waals surface area (Å²) >= 11 is 0. The van der Waals surface area contributed by atoms with Crippen LogP contribution in [0.4, 0.5) is 4.39 Å². The van der Waals surface area contributed by atoms with Crippen LogP contribution in [0.3, 0.4) is 0 Å². The lowest BCUT2D eigenvalue weighted by molar-refractivity contribution is -0.132. The molecule has 0 aliphatic carbocycles. The number of hydrogen-bond acceptors (Lipinski definition) is 5. The molecule has 0 saturated carbocycles. The molecule has 1 heterocycles. The monoisotopic (exact) mass is 400 g/mol. The number of piperazine rings is 1. The molecule has 2 aromatic rings. The van der Waals surface area contributed by atoms with Gasteiger partial charge in [0, 0.05) is 26.2 Å². The second-order valence-electron chi connectivity index (χ2n) is 7.14. The van der Waals surface area contributed by atoms with Crippen LogP contribution in [0.1, 0.15) is 12.5 Å². The van der Waals surface area contributed by atoms with Gasteiger partial charge in [-0.3, -0.25) is 14.5 Å². The number of carbonyl (C=O) groups excluding carboxylic acids is 2. The molecule has 1 atom stereocenters. The third kappa shape index (κ3) is 5.30. The van der Waals surface area contributed by atoms with E-state index in [1.807, 2.05) is 4.90 Å². The minimum atomic E-state index is -1.35. The Morgan fingerprint density at radius 1 is 1.10 bits per heavy atom. The van der Waals surface area contributed by atoms with E-state index in [0.717, 1.165) is 26.2 Å². The van der Waals surface area contributed by atoms with E-state index in [4.69, 9.17) is 10.5 Å². The SMILES string of the molecule is CC(NC(=O)CN1CCNCC1)(C(N)=O)c1ccc(Oc2ccc(F)cc2)cc1. The lowest BCUT2D eigenvalue weighted by Gasteiger charge is -2.31. The molecule has 0 aromatic heterocycles. The highest BCUT2D eigenvalue weighted by Gasteiger charge is 2.35. The van der Waals surface area contributed by atoms with Crippen LogP contribution in [0.2, 0.25) is 0 Å². The van der Waals surface area contributed by atoms with Gasteiger partial charge in [0.1, 0.15) is 22.9 Å². The Labute approximate surface area is 169 Å². The number of nitrogens with one attached hydrogen (secondary N) is 2. The van der Waals surface area contributed by atoms with Crippen LogP contribution < -0.4 is 21.1 Å². The van der Waals surface area contributed by atoms with Gasteiger partial charge in [-0.25, -0.2) is 4.39 Å². The zero-order chi connectivity index (χ0) is 20.9. The van der Waals surface area contributed by atoms with E-state index >= 15 is 0 Å². The fourth-order valence-electron chi connectivity index (χ4n) is 3.16. The van der Waals surface area contributed by atoms with Crippen molar-refractivity contribution in [2.24, 2.45) is 5.73 Å². The Kier molecular flexibility index (Phi) is 6.46. The topological polar surface area (TPSA) is 96.7 Å². The summed E-state index contributed by atoms with van der Waals surface area (Å²) in [5, 5.41) is 6.00. The normalized spacial score (nSPS) is 16.6. The molecule has 0 bridgehead atoms. The summed E-state index contributed by atoms with van der Waals surface area (Å²) < 4.78 is 18.7. The number of rotatable bonds is 7. The molecule has 1 unspecified atom stereocenters. The minimum Gasteiger partial charge on any atom is -0.457 e. The lowest BCUT2D eigenvalue weighted by atomic mass is 9.91. The molecular weight excluding hydrogens is 375 g/mol. The maximum absolute atomic E-state index is 13.0. The van der Waals surface area contributed by atoms with Crippen LogP contribution in [0.15, 0.2) is 48.5 Å². The second-order valence-corrected chi connectivity index (χ2v) is 7.14. The van der Waals surface area contributed by atoms with Crippen molar-refractivity contribution in [2.75, 3.05) is 32.7 Å². The summed E-state index contributed by atoms with van der Waals surface area (Å²) in [4.78, 5) is 26.7. The van der Waals surface area contributed by atoms with E-state index in [9.17, 15) is 14.0 Å². The van der Waals surface area contributed by atoms with E-state index in [1.165, 1.54) is 24.3 Å². The highest BCUT2D eigenvalue weighted by atomic mass is 19.1. The maximum Gasteiger partial charge on any atom is 0.247 e. The number of amides is 2. The molecule has 7 nitrogen and oxygen atoms in total. The van der Waals surface area contributed by atoms with Crippen LogP contribution >= 0.6 is 0 Å². The number of hydrogen-bond donors (Lipinski definition) is 3. The van der Waals surface area contributed by atoms with Crippen molar-refractivity contribution in [3.8, 4) is 11.5 Å². The first-order valence-electron chi connectivity index (χ1n) is 9.45. The Morgan fingerprint density at radius 2 is 1.66 bits per heavy atom. The molecule has 3 rings (SSSR count). The zero-order valence-electron chi connectivity index (χ0n) is 16.3. The van der Waals surface area contributed by atoms with Gasteiger partial charge in [-0.2, -0.15) is 0 Å². The Balaban J connectivity index is 1.69. The van der Waals surface area contributed by atoms with Gasteiger partial charge >= 0.3 is 0 Å². The van der Waals surface area contributed by atoms with E-state index < -0.39 is 11.4 Å². The molecule has 1 aliphatic rings. The summed E-state index contributed by atoms with van der Waals surface area (Å²) in [6.07, 6.45) is 0. The number of nitrogens with zero attached hydrogens (tertiary/aromatic N) is 1. The first-order chi connectivity index (χ1) is 13.9. The average molecular weight is 400 g/mol. The molecule has 0 radical (unpaired) electrons. The van der Waals surface area contributed by atoms with E-state index in [-0.39, 0.29) is 18.3 Å². The quantitative estimate of drug-likeness (QED) is 0.652. The van der Waals surface area contributed by atoms with Gasteiger partial charge in [0.25, 0.3) is 0 Å². The van der Waals surface area contributed by atoms with Crippen molar-refractivity contribution in [1.82, 2.24) is 15.5 Å². The van der Waals surface area contributed by atoms with Crippen molar-refractivity contribution in [3.63, 3.8) is 0 Å². The molecule has 154 valence electrons. The van der Waals surface area contributed by atoms with Crippen molar-refractivity contribution in [3.05, 3.63) is 59.9 Å². The molecular formula is C21H25FN4O3. The first-order valence-corrected chi connectivity index (χ1v) is 9.45. The van der Waals surface area contributed by atoms with Crippen LogP contribution in [-0.2, 0) is 15.1 Å². The Morgan fingerprint density at radius 3 is 2.21 bits per heavy atom. The van der Waals surface area contributed by atoms with E-state index in [1.54, 1.807) is 31.2 Å². The smallest absolute Gasteiger partial charge is 0.247 e. The average Bonchev–Trinajstić information content (AvgIpc) is 2.70. The Hall–Kier alpha value is -2.97. The molecule has 8 heteroatoms. The van der Waals surface area contributed by atoms with Crippen LogP contribution in [-0.4, -0.2) is 49.4 Å². The number of nitrogens with two attached hydrogens (primary N) is 1. The van der Waals surface area contributed by atoms with Crippen molar-refractivity contribution >= 4 is 11.8 Å². The summed E-state index contributed by atoms with van der Waals surface area (Å²) in [7, 11) is 0. The third-order valence-corrected chi connectivity index (χ3v) is 4.94. The fraction of sp³-hybridized carbons (Fsp3) is 0.333. The molecule has 0 spiro atoms. The highest BCUT2D eigenvalue weighted by molar-refractivity contribution is 5.91. The summed E-state index contributed by atoms with van der Waals surface area (Å²) in [5.41, 5.74) is 4.81. The van der Waals surface area contributed by atoms with Gasteiger partial charge in [0.05, 0.1) is 6.54 Å². The van der Waals surface area contributed by atoms with Gasteiger partial charge in [-0.05, 0) is 48.9 Å². The summed E-state index contributed by atoms with van der Waals surface area (Å²) in [6.45, 7) is 5.00. The molecule has 1 saturated heterocycles. The standard InChI is InChI=1S/C21H25FN4O3/c1-21(20(23)28,25-19(27)14-26-12-10-24-11-13-26)15-2-6-17(7-3-15)29-18-8-4-16(22)5-9-18/h2-9,24H,10-14H2,1H3,(H2,23,28)(H,25,27). The Bertz CT molecular complexity index is 851. The fourth-order valence-corrected chi connectivity index (χ4v) is 3.16. The van der Waals surface area contributed by atoms with E-state index in [0.29, 0.717) is 17.1 Å². The number of primary amides is 1. The van der Waals surface area contributed by atoms with E-state index in [2.05, 4.69) is 10.6 Å². The predicted octanol–water partition coefficient (Wildman–Crippen LogP) is 1.34. The number of benzene rings is 2. The van der Waals surface area contributed by atoms with Gasteiger partial charge in [0.2, 0.25) is 11.8 Å². The van der Waals surface area contributed by atoms with Crippen molar-refractivity contribution < 1.29 is 18.7 Å². The molecule has 2 aromatic carbocycles.